The van der Waals surface area contributed by atoms with Crippen LogP contribution in [0.15, 0.2) is 29.4 Å². The van der Waals surface area contributed by atoms with Crippen LogP contribution in [0.5, 0.6) is 0 Å². The van der Waals surface area contributed by atoms with Gasteiger partial charge in [-0.05, 0) is 38.5 Å². The molecule has 2 heterocycles. The Bertz CT molecular complexity index is 924. The lowest BCUT2D eigenvalue weighted by Crippen LogP contribution is -2.42. The number of aryl methyl sites for hydroxylation is 1. The van der Waals surface area contributed by atoms with E-state index in [1.807, 2.05) is 13.0 Å². The maximum atomic E-state index is 12.4. The molecular formula is C17H17Cl2N5O2. The van der Waals surface area contributed by atoms with E-state index in [1.54, 1.807) is 32.0 Å². The Hall–Kier alpha value is -2.38. The van der Waals surface area contributed by atoms with E-state index < -0.39 is 17.5 Å². The molecule has 1 atom stereocenters. The molecule has 136 valence electrons. The standard InChI is InChI=1S/C17H17Cl2N5O2/c1-4-17(3)15(25)24(16(26)21-17)20-9-13-10(2)22-23(14(13)19)12-7-5-6-11(18)8-12/h5-9H,4H2,1-3H3,(H,21,26)/b20-9-/t17-/m0/s1. The van der Waals surface area contributed by atoms with E-state index in [1.165, 1.54) is 10.9 Å². The number of carbonyl (C=O) groups excluding carboxylic acids is 2. The maximum absolute atomic E-state index is 12.4. The predicted octanol–water partition coefficient (Wildman–Crippen LogP) is 3.54. The first kappa shape index (κ1) is 18.4. The molecule has 1 aromatic carbocycles. The zero-order chi connectivity index (χ0) is 19.1. The summed E-state index contributed by atoms with van der Waals surface area (Å²) in [7, 11) is 0. The van der Waals surface area contributed by atoms with E-state index in [4.69, 9.17) is 23.2 Å². The predicted molar refractivity (Wildman–Crippen MR) is 100.0 cm³/mol. The third-order valence-electron chi connectivity index (χ3n) is 4.35. The topological polar surface area (TPSA) is 79.6 Å². The number of urea groups is 1. The molecule has 9 heteroatoms. The quantitative estimate of drug-likeness (QED) is 0.636. The van der Waals surface area contributed by atoms with Gasteiger partial charge in [0.05, 0.1) is 23.2 Å². The maximum Gasteiger partial charge on any atom is 0.346 e. The molecule has 3 amide bonds. The van der Waals surface area contributed by atoms with Crippen molar-refractivity contribution in [2.45, 2.75) is 32.7 Å². The van der Waals surface area contributed by atoms with Crippen molar-refractivity contribution >= 4 is 41.4 Å². The Morgan fingerprint density at radius 3 is 2.69 bits per heavy atom. The Morgan fingerprint density at radius 1 is 1.35 bits per heavy atom. The van der Waals surface area contributed by atoms with Crippen molar-refractivity contribution in [1.29, 1.82) is 0 Å². The number of rotatable bonds is 4. The largest absolute Gasteiger partial charge is 0.346 e. The third kappa shape index (κ3) is 3.08. The van der Waals surface area contributed by atoms with Gasteiger partial charge in [-0.2, -0.15) is 10.2 Å². The van der Waals surface area contributed by atoms with Crippen molar-refractivity contribution in [3.8, 4) is 5.69 Å². The molecule has 0 radical (unpaired) electrons. The van der Waals surface area contributed by atoms with Crippen molar-refractivity contribution in [1.82, 2.24) is 20.1 Å². The number of benzene rings is 1. The van der Waals surface area contributed by atoms with Crippen molar-refractivity contribution in [2.24, 2.45) is 5.10 Å². The van der Waals surface area contributed by atoms with Gasteiger partial charge in [0.25, 0.3) is 5.91 Å². The lowest BCUT2D eigenvalue weighted by molar-refractivity contribution is -0.130. The number of nitrogens with zero attached hydrogens (tertiary/aromatic N) is 4. The van der Waals surface area contributed by atoms with Gasteiger partial charge < -0.3 is 5.32 Å². The number of aromatic nitrogens is 2. The van der Waals surface area contributed by atoms with Gasteiger partial charge in [0.2, 0.25) is 0 Å². The number of imide groups is 1. The van der Waals surface area contributed by atoms with Crippen molar-refractivity contribution in [3.63, 3.8) is 0 Å². The molecule has 1 aliphatic heterocycles. The van der Waals surface area contributed by atoms with Crippen LogP contribution in [0.2, 0.25) is 10.2 Å². The minimum Gasteiger partial charge on any atom is -0.322 e. The highest BCUT2D eigenvalue weighted by atomic mass is 35.5. The highest BCUT2D eigenvalue weighted by molar-refractivity contribution is 6.32. The summed E-state index contributed by atoms with van der Waals surface area (Å²) in [6, 6.07) is 6.52. The summed E-state index contributed by atoms with van der Waals surface area (Å²) in [4.78, 5) is 24.4. The second-order valence-electron chi connectivity index (χ2n) is 6.16. The van der Waals surface area contributed by atoms with E-state index in [0.29, 0.717) is 33.5 Å². The zero-order valence-corrected chi connectivity index (χ0v) is 16.0. The van der Waals surface area contributed by atoms with E-state index >= 15 is 0 Å². The number of nitrogens with one attached hydrogen (secondary N) is 1. The first-order valence-corrected chi connectivity index (χ1v) is 8.74. The second-order valence-corrected chi connectivity index (χ2v) is 6.95. The molecule has 3 rings (SSSR count). The van der Waals surface area contributed by atoms with Crippen LogP contribution in [0.25, 0.3) is 5.69 Å². The molecular weight excluding hydrogens is 377 g/mol. The van der Waals surface area contributed by atoms with Gasteiger partial charge in [-0.1, -0.05) is 36.2 Å². The molecule has 1 saturated heterocycles. The van der Waals surface area contributed by atoms with Crippen LogP contribution in [-0.4, -0.2) is 38.5 Å². The lowest BCUT2D eigenvalue weighted by atomic mass is 10.00. The number of carbonyl (C=O) groups is 2. The van der Waals surface area contributed by atoms with Gasteiger partial charge in [-0.15, -0.1) is 5.01 Å². The van der Waals surface area contributed by atoms with Crippen LogP contribution in [-0.2, 0) is 4.79 Å². The Balaban J connectivity index is 1.93. The summed E-state index contributed by atoms with van der Waals surface area (Å²) in [5.41, 5.74) is 0.860. The summed E-state index contributed by atoms with van der Waals surface area (Å²) < 4.78 is 1.52. The molecule has 0 saturated carbocycles. The molecule has 2 aromatic rings. The number of halogens is 2. The summed E-state index contributed by atoms with van der Waals surface area (Å²) in [6.07, 6.45) is 1.83. The van der Waals surface area contributed by atoms with Crippen LogP contribution >= 0.6 is 23.2 Å². The van der Waals surface area contributed by atoms with Crippen LogP contribution in [0.1, 0.15) is 31.5 Å². The highest BCUT2D eigenvalue weighted by Gasteiger charge is 2.46. The van der Waals surface area contributed by atoms with Crippen LogP contribution in [0.4, 0.5) is 4.79 Å². The molecule has 0 spiro atoms. The minimum absolute atomic E-state index is 0.304. The molecule has 26 heavy (non-hydrogen) atoms. The first-order valence-electron chi connectivity index (χ1n) is 7.98. The minimum atomic E-state index is -0.946. The molecule has 7 nitrogen and oxygen atoms in total. The monoisotopic (exact) mass is 393 g/mol. The molecule has 1 aliphatic rings. The fraction of sp³-hybridized carbons (Fsp3) is 0.294. The molecule has 1 aromatic heterocycles. The van der Waals surface area contributed by atoms with Gasteiger partial charge in [0.1, 0.15) is 10.7 Å². The molecule has 0 aliphatic carbocycles. The van der Waals surface area contributed by atoms with Crippen molar-refractivity contribution in [3.05, 3.63) is 45.7 Å². The smallest absolute Gasteiger partial charge is 0.322 e. The first-order chi connectivity index (χ1) is 12.3. The van der Waals surface area contributed by atoms with Gasteiger partial charge in [0, 0.05) is 5.02 Å². The normalized spacial score (nSPS) is 20.3. The summed E-state index contributed by atoms with van der Waals surface area (Å²) in [5.74, 6) is -0.405. The Morgan fingerprint density at radius 2 is 2.08 bits per heavy atom. The molecule has 1 fully saturated rings. The van der Waals surface area contributed by atoms with Crippen molar-refractivity contribution < 1.29 is 9.59 Å². The SMILES string of the molecule is CC[C@]1(C)NC(=O)N(/N=C\c2c(C)nn(-c3cccc(Cl)c3)c2Cl)C1=O. The van der Waals surface area contributed by atoms with Gasteiger partial charge in [-0.3, -0.25) is 4.79 Å². The fourth-order valence-corrected chi connectivity index (χ4v) is 3.07. The average molecular weight is 394 g/mol. The zero-order valence-electron chi connectivity index (χ0n) is 14.5. The summed E-state index contributed by atoms with van der Waals surface area (Å²) in [6.45, 7) is 5.25. The number of hydrazone groups is 1. The molecule has 0 unspecified atom stereocenters. The number of amides is 3. The molecule has 0 bridgehead atoms. The fourth-order valence-electron chi connectivity index (χ4n) is 2.57. The van der Waals surface area contributed by atoms with Gasteiger partial charge in [-0.25, -0.2) is 9.48 Å². The third-order valence-corrected chi connectivity index (χ3v) is 4.95. The van der Waals surface area contributed by atoms with Crippen molar-refractivity contribution in [2.75, 3.05) is 0 Å². The van der Waals surface area contributed by atoms with E-state index in [0.717, 1.165) is 5.01 Å². The number of hydrogen-bond donors (Lipinski definition) is 1. The lowest BCUT2D eigenvalue weighted by Gasteiger charge is -2.17. The van der Waals surface area contributed by atoms with Crippen LogP contribution < -0.4 is 5.32 Å². The van der Waals surface area contributed by atoms with E-state index in [9.17, 15) is 9.59 Å². The number of hydrogen-bond acceptors (Lipinski definition) is 4. The van der Waals surface area contributed by atoms with Crippen LogP contribution in [0, 0.1) is 6.92 Å². The molecule has 1 N–H and O–H groups in total. The summed E-state index contributed by atoms with van der Waals surface area (Å²) in [5, 5.41) is 12.7. The van der Waals surface area contributed by atoms with Gasteiger partial charge in [0.15, 0.2) is 0 Å². The van der Waals surface area contributed by atoms with Gasteiger partial charge >= 0.3 is 6.03 Å². The Kier molecular flexibility index (Phi) is 4.77. The summed E-state index contributed by atoms with van der Waals surface area (Å²) >= 11 is 12.4. The second kappa shape index (κ2) is 6.74. The highest BCUT2D eigenvalue weighted by Crippen LogP contribution is 2.25. The Labute approximate surface area is 160 Å². The van der Waals surface area contributed by atoms with E-state index in [2.05, 4.69) is 15.5 Å². The van der Waals surface area contributed by atoms with Crippen LogP contribution in [0.3, 0.4) is 0 Å². The average Bonchev–Trinajstić information content (AvgIpc) is 3.00. The van der Waals surface area contributed by atoms with E-state index in [-0.39, 0.29) is 0 Å².